The number of carbonyl (C=O) groups excluding carboxylic acids is 1. The Morgan fingerprint density at radius 2 is 1.65 bits per heavy atom. The van der Waals surface area contributed by atoms with E-state index in [4.69, 9.17) is 4.74 Å². The van der Waals surface area contributed by atoms with Gasteiger partial charge < -0.3 is 9.64 Å². The molecule has 0 unspecified atom stereocenters. The second-order valence-corrected chi connectivity index (χ2v) is 11.9. The smallest absolute Gasteiger partial charge is 0.416 e. The molecule has 8 heteroatoms. The number of halogens is 3. The van der Waals surface area contributed by atoms with Crippen molar-refractivity contribution in [2.45, 2.75) is 69.4 Å². The molecule has 2 bridgehead atoms. The Morgan fingerprint density at radius 1 is 0.950 bits per heavy atom. The van der Waals surface area contributed by atoms with Crippen molar-refractivity contribution < 1.29 is 22.7 Å². The minimum Gasteiger partial charge on any atom is -0.481 e. The molecule has 4 aliphatic carbocycles. The van der Waals surface area contributed by atoms with Crippen LogP contribution in [0, 0.1) is 11.3 Å². The molecule has 40 heavy (non-hydrogen) atoms. The van der Waals surface area contributed by atoms with Gasteiger partial charge in [-0.05, 0) is 98.2 Å². The summed E-state index contributed by atoms with van der Waals surface area (Å²) in [4.78, 5) is 24.4. The molecule has 0 atom stereocenters. The van der Waals surface area contributed by atoms with E-state index in [1.165, 1.54) is 12.3 Å². The van der Waals surface area contributed by atoms with Gasteiger partial charge in [-0.25, -0.2) is 4.98 Å². The van der Waals surface area contributed by atoms with Crippen molar-refractivity contribution in [1.82, 2.24) is 9.97 Å². The van der Waals surface area contributed by atoms with Crippen molar-refractivity contribution in [2.75, 3.05) is 18.6 Å². The molecule has 3 aromatic rings. The Hall–Kier alpha value is -3.42. The number of benzene rings is 1. The summed E-state index contributed by atoms with van der Waals surface area (Å²) in [5, 5.41) is 0. The number of ether oxygens (including phenoxy) is 1. The van der Waals surface area contributed by atoms with Gasteiger partial charge in [0.2, 0.25) is 11.8 Å². The first kappa shape index (κ1) is 26.8. The van der Waals surface area contributed by atoms with Gasteiger partial charge in [0.25, 0.3) is 0 Å². The molecular weight excluding hydrogens is 515 g/mol. The summed E-state index contributed by atoms with van der Waals surface area (Å²) >= 11 is 0. The Morgan fingerprint density at radius 3 is 2.30 bits per heavy atom. The Balaban J connectivity index is 1.26. The highest BCUT2D eigenvalue weighted by molar-refractivity contribution is 5.96. The zero-order valence-electron chi connectivity index (χ0n) is 22.7. The molecule has 2 heterocycles. The third-order valence-corrected chi connectivity index (χ3v) is 9.68. The van der Waals surface area contributed by atoms with Crippen molar-refractivity contribution in [3.05, 3.63) is 72.2 Å². The van der Waals surface area contributed by atoms with Gasteiger partial charge in [-0.3, -0.25) is 9.78 Å². The van der Waals surface area contributed by atoms with E-state index in [1.807, 2.05) is 35.2 Å². The highest BCUT2D eigenvalue weighted by Gasteiger charge is 2.51. The number of aromatic nitrogens is 2. The predicted octanol–water partition coefficient (Wildman–Crippen LogP) is 7.60. The lowest BCUT2D eigenvalue weighted by Crippen LogP contribution is -2.52. The van der Waals surface area contributed by atoms with Crippen LogP contribution in [-0.2, 0) is 16.4 Å². The van der Waals surface area contributed by atoms with Crippen LogP contribution in [0.1, 0.15) is 69.0 Å². The quantitative estimate of drug-likeness (QED) is 0.305. The van der Waals surface area contributed by atoms with Gasteiger partial charge in [0.05, 0.1) is 12.7 Å². The third-order valence-electron chi connectivity index (χ3n) is 9.68. The van der Waals surface area contributed by atoms with E-state index < -0.39 is 11.7 Å². The second-order valence-electron chi connectivity index (χ2n) is 11.9. The number of carbonyl (C=O) groups is 1. The van der Waals surface area contributed by atoms with Crippen LogP contribution in [0.3, 0.4) is 0 Å². The molecule has 210 valence electrons. The van der Waals surface area contributed by atoms with Crippen molar-refractivity contribution in [2.24, 2.45) is 11.3 Å². The summed E-state index contributed by atoms with van der Waals surface area (Å²) < 4.78 is 45.5. The number of hydrogen-bond acceptors (Lipinski definition) is 4. The first-order valence-electron chi connectivity index (χ1n) is 14.2. The molecule has 4 aliphatic rings. The maximum atomic E-state index is 13.8. The SMILES string of the molecule is COc1cc(-c2cccc(N(CC34CCC(c5cc(C(F)(F)F)ccn5)(CC3)CC4)C(=O)C3CCC3)c2)ccn1. The van der Waals surface area contributed by atoms with Crippen LogP contribution in [-0.4, -0.2) is 29.5 Å². The minimum absolute atomic E-state index is 0.0430. The van der Waals surface area contributed by atoms with Gasteiger partial charge in [-0.1, -0.05) is 18.6 Å². The van der Waals surface area contributed by atoms with E-state index in [9.17, 15) is 18.0 Å². The van der Waals surface area contributed by atoms with Gasteiger partial charge in [0.1, 0.15) is 0 Å². The highest BCUT2D eigenvalue weighted by Crippen LogP contribution is 2.58. The van der Waals surface area contributed by atoms with Crippen LogP contribution in [0.25, 0.3) is 11.1 Å². The van der Waals surface area contributed by atoms with Gasteiger partial charge >= 0.3 is 6.18 Å². The van der Waals surface area contributed by atoms with E-state index in [1.54, 1.807) is 13.3 Å². The highest BCUT2D eigenvalue weighted by atomic mass is 19.4. The number of nitrogens with zero attached hydrogens (tertiary/aromatic N) is 3. The standard InChI is InChI=1S/C32H34F3N3O2/c1-40-28-19-24(8-16-37-28)23-6-3-7-26(18-23)38(29(39)22-4-2-5-22)21-30-10-13-31(14-11-30,15-12-30)27-20-25(9-17-36-27)32(33,34)35/h3,6-9,16-20,22H,2,4-5,10-15,21H2,1H3. The lowest BCUT2D eigenvalue weighted by molar-refractivity contribution is -0.137. The normalized spacial score (nSPS) is 24.4. The van der Waals surface area contributed by atoms with Crippen LogP contribution in [0.2, 0.25) is 0 Å². The molecule has 7 rings (SSSR count). The van der Waals surface area contributed by atoms with Gasteiger partial charge in [0.15, 0.2) is 0 Å². The summed E-state index contributed by atoms with van der Waals surface area (Å²) in [6.45, 7) is 0.636. The number of fused-ring (bicyclic) bond motifs is 3. The first-order valence-corrected chi connectivity index (χ1v) is 14.2. The lowest BCUT2D eigenvalue weighted by Gasteiger charge is -2.54. The fourth-order valence-electron chi connectivity index (χ4n) is 6.84. The lowest BCUT2D eigenvalue weighted by atomic mass is 9.52. The molecular formula is C32H34F3N3O2. The number of methoxy groups -OCH3 is 1. The molecule has 2 aromatic heterocycles. The van der Waals surface area contributed by atoms with Crippen molar-refractivity contribution in [1.29, 1.82) is 0 Å². The molecule has 4 saturated carbocycles. The van der Waals surface area contributed by atoms with Crippen molar-refractivity contribution >= 4 is 11.6 Å². The van der Waals surface area contributed by atoms with Gasteiger partial charge in [0, 0.05) is 47.7 Å². The van der Waals surface area contributed by atoms with Crippen molar-refractivity contribution in [3.8, 4) is 17.0 Å². The average molecular weight is 550 g/mol. The van der Waals surface area contributed by atoms with Gasteiger partial charge in [-0.15, -0.1) is 0 Å². The molecule has 4 fully saturated rings. The average Bonchev–Trinajstić information content (AvgIpc) is 2.96. The number of rotatable bonds is 7. The molecule has 5 nitrogen and oxygen atoms in total. The van der Waals surface area contributed by atoms with Crippen LogP contribution >= 0.6 is 0 Å². The molecule has 0 radical (unpaired) electrons. The Bertz CT molecular complexity index is 1380. The maximum Gasteiger partial charge on any atom is 0.416 e. The number of anilines is 1. The second kappa shape index (κ2) is 10.2. The number of hydrogen-bond donors (Lipinski definition) is 0. The van der Waals surface area contributed by atoms with E-state index in [0.717, 1.165) is 80.7 Å². The Kier molecular flexibility index (Phi) is 6.83. The monoisotopic (exact) mass is 549 g/mol. The predicted molar refractivity (Wildman–Crippen MR) is 147 cm³/mol. The van der Waals surface area contributed by atoms with Crippen LogP contribution in [0.15, 0.2) is 60.9 Å². The minimum atomic E-state index is -4.38. The third kappa shape index (κ3) is 4.97. The topological polar surface area (TPSA) is 55.3 Å². The van der Waals surface area contributed by atoms with E-state index in [0.29, 0.717) is 18.1 Å². The summed E-state index contributed by atoms with van der Waals surface area (Å²) in [6.07, 6.45) is 6.58. The van der Waals surface area contributed by atoms with E-state index >= 15 is 0 Å². The molecule has 1 aromatic carbocycles. The largest absolute Gasteiger partial charge is 0.481 e. The van der Waals surface area contributed by atoms with Gasteiger partial charge in [-0.2, -0.15) is 13.2 Å². The van der Waals surface area contributed by atoms with E-state index in [2.05, 4.69) is 16.0 Å². The zero-order chi connectivity index (χ0) is 28.0. The maximum absolute atomic E-state index is 13.8. The summed E-state index contributed by atoms with van der Waals surface area (Å²) in [5.74, 6) is 0.779. The Labute approximate surface area is 232 Å². The summed E-state index contributed by atoms with van der Waals surface area (Å²) in [7, 11) is 1.59. The molecule has 0 N–H and O–H groups in total. The van der Waals surface area contributed by atoms with Crippen LogP contribution in [0.5, 0.6) is 5.88 Å². The fourth-order valence-corrected chi connectivity index (χ4v) is 6.84. The van der Waals surface area contributed by atoms with Crippen LogP contribution in [0.4, 0.5) is 18.9 Å². The molecule has 0 aliphatic heterocycles. The molecule has 0 saturated heterocycles. The molecule has 1 amide bonds. The first-order chi connectivity index (χ1) is 19.2. The summed E-state index contributed by atoms with van der Waals surface area (Å²) in [5.41, 5.74) is 2.43. The summed E-state index contributed by atoms with van der Waals surface area (Å²) in [6, 6.07) is 14.2. The zero-order valence-corrected chi connectivity index (χ0v) is 22.7. The molecule has 0 spiro atoms. The number of amides is 1. The fraction of sp³-hybridized carbons (Fsp3) is 0.469. The van der Waals surface area contributed by atoms with Crippen molar-refractivity contribution in [3.63, 3.8) is 0 Å². The van der Waals surface area contributed by atoms with Crippen LogP contribution < -0.4 is 9.64 Å². The van der Waals surface area contributed by atoms with E-state index in [-0.39, 0.29) is 22.7 Å². The number of pyridine rings is 2. The number of alkyl halides is 3.